The molecule has 0 aliphatic carbocycles. The summed E-state index contributed by atoms with van der Waals surface area (Å²) in [6, 6.07) is 10.2. The minimum absolute atomic E-state index is 0.639. The van der Waals surface area contributed by atoms with Crippen LogP contribution in [-0.4, -0.2) is 45.8 Å². The third-order valence-corrected chi connectivity index (χ3v) is 3.51. The number of nitrogens with one attached hydrogen (secondary N) is 1. The van der Waals surface area contributed by atoms with Gasteiger partial charge in [-0.25, -0.2) is 0 Å². The van der Waals surface area contributed by atoms with E-state index < -0.39 is 0 Å². The number of likely N-dealkylation sites (N-methyl/N-ethyl adjacent to an activating group) is 1. The Morgan fingerprint density at radius 1 is 1.22 bits per heavy atom. The Labute approximate surface area is 140 Å². The Kier molecular flexibility index (Phi) is 9.84. The normalized spacial score (nSPS) is 12.9. The lowest BCUT2D eigenvalue weighted by molar-refractivity contribution is 0.145. The molecule has 0 aliphatic heterocycles. The number of allylic oxidation sites excluding steroid dienone is 1. The monoisotopic (exact) mass is 315 g/mol. The molecule has 1 N–H and O–H groups in total. The van der Waals surface area contributed by atoms with E-state index in [1.807, 2.05) is 32.2 Å². The van der Waals surface area contributed by atoms with Crippen LogP contribution in [0.3, 0.4) is 0 Å². The van der Waals surface area contributed by atoms with Gasteiger partial charge in [-0.2, -0.15) is 0 Å². The number of hydrogen-bond donors (Lipinski definition) is 1. The summed E-state index contributed by atoms with van der Waals surface area (Å²) in [5, 5.41) is 3.06. The standard InChI is InChI=1S/C19H29N3O/c1-5-9-18(16(2)22-13-15-23-14-12-20-3)19(21-4)17-10-7-6-8-11-17/h6-8,10-11,20H,4-5,9,12-15H2,1-3H3/b19-18-,22-16?. The Hall–Kier alpha value is -1.78. The number of rotatable bonds is 11. The van der Waals surface area contributed by atoms with E-state index in [2.05, 4.69) is 41.1 Å². The van der Waals surface area contributed by atoms with Gasteiger partial charge in [0.1, 0.15) is 0 Å². The smallest absolute Gasteiger partial charge is 0.0744 e. The number of aliphatic imine (C=N–C) groups is 2. The lowest BCUT2D eigenvalue weighted by Gasteiger charge is -2.12. The Morgan fingerprint density at radius 2 is 1.96 bits per heavy atom. The SMILES string of the molecule is C=N/C(=C(/CCC)C(C)=NCCOCCNC)c1ccccc1. The van der Waals surface area contributed by atoms with Crippen molar-refractivity contribution in [2.24, 2.45) is 9.98 Å². The van der Waals surface area contributed by atoms with E-state index in [4.69, 9.17) is 4.74 Å². The Balaban J connectivity index is 2.86. The molecule has 4 heteroatoms. The third kappa shape index (κ3) is 6.89. The molecule has 0 radical (unpaired) electrons. The van der Waals surface area contributed by atoms with Gasteiger partial charge in [0.25, 0.3) is 0 Å². The van der Waals surface area contributed by atoms with Crippen LogP contribution >= 0.6 is 0 Å². The summed E-state index contributed by atoms with van der Waals surface area (Å²) in [5.74, 6) is 0. The fourth-order valence-corrected chi connectivity index (χ4v) is 2.33. The molecular weight excluding hydrogens is 286 g/mol. The second-order valence-electron chi connectivity index (χ2n) is 5.28. The van der Waals surface area contributed by atoms with Crippen LogP contribution in [0.5, 0.6) is 0 Å². The molecule has 0 aliphatic rings. The molecule has 1 aromatic carbocycles. The number of nitrogens with zero attached hydrogens (tertiary/aromatic N) is 2. The molecule has 1 aromatic rings. The van der Waals surface area contributed by atoms with Gasteiger partial charge in [0.2, 0.25) is 0 Å². The lowest BCUT2D eigenvalue weighted by atomic mass is 9.99. The van der Waals surface area contributed by atoms with E-state index in [1.54, 1.807) is 0 Å². The molecule has 0 spiro atoms. The van der Waals surface area contributed by atoms with E-state index in [0.29, 0.717) is 19.8 Å². The van der Waals surface area contributed by atoms with Crippen molar-refractivity contribution in [1.82, 2.24) is 5.32 Å². The van der Waals surface area contributed by atoms with Crippen molar-refractivity contribution in [2.45, 2.75) is 26.7 Å². The molecule has 0 amide bonds. The zero-order valence-electron chi connectivity index (χ0n) is 14.6. The van der Waals surface area contributed by atoms with Crippen LogP contribution in [0.4, 0.5) is 0 Å². The molecule has 0 saturated carbocycles. The molecule has 23 heavy (non-hydrogen) atoms. The molecule has 0 saturated heterocycles. The van der Waals surface area contributed by atoms with Crippen molar-refractivity contribution >= 4 is 18.1 Å². The van der Waals surface area contributed by atoms with Gasteiger partial charge < -0.3 is 10.1 Å². The lowest BCUT2D eigenvalue weighted by Crippen LogP contribution is -2.15. The topological polar surface area (TPSA) is 46.0 Å². The second kappa shape index (κ2) is 11.7. The fourth-order valence-electron chi connectivity index (χ4n) is 2.33. The van der Waals surface area contributed by atoms with Crippen LogP contribution in [0.1, 0.15) is 32.3 Å². The highest BCUT2D eigenvalue weighted by Gasteiger charge is 2.10. The van der Waals surface area contributed by atoms with E-state index in [0.717, 1.165) is 36.4 Å². The maximum Gasteiger partial charge on any atom is 0.0744 e. The zero-order valence-corrected chi connectivity index (χ0v) is 14.6. The first kappa shape index (κ1) is 19.3. The second-order valence-corrected chi connectivity index (χ2v) is 5.28. The van der Waals surface area contributed by atoms with Crippen LogP contribution < -0.4 is 5.32 Å². The maximum atomic E-state index is 5.51. The highest BCUT2D eigenvalue weighted by Crippen LogP contribution is 2.24. The van der Waals surface area contributed by atoms with Crippen molar-refractivity contribution < 1.29 is 4.74 Å². The van der Waals surface area contributed by atoms with Crippen LogP contribution in [0, 0.1) is 0 Å². The zero-order chi connectivity index (χ0) is 16.9. The van der Waals surface area contributed by atoms with Crippen molar-refractivity contribution in [3.8, 4) is 0 Å². The fraction of sp³-hybridized carbons (Fsp3) is 0.474. The van der Waals surface area contributed by atoms with Gasteiger partial charge in [0, 0.05) is 17.8 Å². The minimum atomic E-state index is 0.639. The Morgan fingerprint density at radius 3 is 2.57 bits per heavy atom. The number of benzene rings is 1. The van der Waals surface area contributed by atoms with Gasteiger partial charge in [-0.05, 0) is 32.7 Å². The summed E-state index contributed by atoms with van der Waals surface area (Å²) >= 11 is 0. The molecule has 1 rings (SSSR count). The number of hydrogen-bond acceptors (Lipinski definition) is 4. The third-order valence-electron chi connectivity index (χ3n) is 3.51. The average molecular weight is 315 g/mol. The summed E-state index contributed by atoms with van der Waals surface area (Å²) in [5.41, 5.74) is 4.22. The average Bonchev–Trinajstić information content (AvgIpc) is 2.58. The molecule has 0 aromatic heterocycles. The summed E-state index contributed by atoms with van der Waals surface area (Å²) in [7, 11) is 1.92. The first-order valence-corrected chi connectivity index (χ1v) is 8.23. The van der Waals surface area contributed by atoms with Gasteiger partial charge in [0.05, 0.1) is 25.5 Å². The van der Waals surface area contributed by atoms with E-state index in [9.17, 15) is 0 Å². The molecular formula is C19H29N3O. The summed E-state index contributed by atoms with van der Waals surface area (Å²) < 4.78 is 5.51. The molecule has 4 nitrogen and oxygen atoms in total. The van der Waals surface area contributed by atoms with E-state index >= 15 is 0 Å². The molecule has 0 unspecified atom stereocenters. The first-order chi connectivity index (χ1) is 11.2. The highest BCUT2D eigenvalue weighted by atomic mass is 16.5. The minimum Gasteiger partial charge on any atom is -0.378 e. The predicted octanol–water partition coefficient (Wildman–Crippen LogP) is 3.60. The molecule has 126 valence electrons. The van der Waals surface area contributed by atoms with Gasteiger partial charge in [-0.1, -0.05) is 43.7 Å². The summed E-state index contributed by atoms with van der Waals surface area (Å²) in [6.07, 6.45) is 1.99. The van der Waals surface area contributed by atoms with Gasteiger partial charge in [0.15, 0.2) is 0 Å². The first-order valence-electron chi connectivity index (χ1n) is 8.23. The molecule has 0 bridgehead atoms. The number of ether oxygens (including phenoxy) is 1. The molecule has 0 atom stereocenters. The maximum absolute atomic E-state index is 5.51. The van der Waals surface area contributed by atoms with Crippen LogP contribution in [0.25, 0.3) is 5.70 Å². The quantitative estimate of drug-likeness (QED) is 0.501. The van der Waals surface area contributed by atoms with E-state index in [-0.39, 0.29) is 0 Å². The summed E-state index contributed by atoms with van der Waals surface area (Å²) in [6.45, 7) is 10.9. The predicted molar refractivity (Wildman–Crippen MR) is 101 cm³/mol. The highest BCUT2D eigenvalue weighted by molar-refractivity contribution is 6.05. The van der Waals surface area contributed by atoms with Crippen LogP contribution in [-0.2, 0) is 4.74 Å². The largest absolute Gasteiger partial charge is 0.378 e. The molecule has 0 heterocycles. The van der Waals surface area contributed by atoms with Crippen molar-refractivity contribution in [3.05, 3.63) is 41.5 Å². The van der Waals surface area contributed by atoms with Crippen LogP contribution in [0.15, 0.2) is 45.9 Å². The van der Waals surface area contributed by atoms with Crippen molar-refractivity contribution in [1.29, 1.82) is 0 Å². The Bertz CT molecular complexity index is 521. The molecule has 0 fully saturated rings. The van der Waals surface area contributed by atoms with Gasteiger partial charge in [-0.3, -0.25) is 9.98 Å². The summed E-state index contributed by atoms with van der Waals surface area (Å²) in [4.78, 5) is 8.94. The van der Waals surface area contributed by atoms with Gasteiger partial charge >= 0.3 is 0 Å². The van der Waals surface area contributed by atoms with Gasteiger partial charge in [-0.15, -0.1) is 0 Å². The van der Waals surface area contributed by atoms with Crippen molar-refractivity contribution in [2.75, 3.05) is 33.4 Å². The van der Waals surface area contributed by atoms with E-state index in [1.165, 1.54) is 5.57 Å². The van der Waals surface area contributed by atoms with Crippen LogP contribution in [0.2, 0.25) is 0 Å². The van der Waals surface area contributed by atoms with Crippen molar-refractivity contribution in [3.63, 3.8) is 0 Å².